The van der Waals surface area contributed by atoms with Crippen LogP contribution in [0.1, 0.15) is 32.1 Å². The lowest BCUT2D eigenvalue weighted by Crippen LogP contribution is -2.34. The molecule has 1 saturated carbocycles. The summed E-state index contributed by atoms with van der Waals surface area (Å²) in [6.45, 7) is 1.84. The van der Waals surface area contributed by atoms with Crippen molar-refractivity contribution in [3.05, 3.63) is 21.8 Å². The molecule has 2 unspecified atom stereocenters. The Morgan fingerprint density at radius 2 is 2.33 bits per heavy atom. The van der Waals surface area contributed by atoms with Gasteiger partial charge in [0.2, 0.25) is 5.91 Å². The van der Waals surface area contributed by atoms with E-state index in [0.717, 1.165) is 49.1 Å². The first-order valence-electron chi connectivity index (χ1n) is 7.48. The topological polar surface area (TPSA) is 45.2 Å². The second-order valence-corrected chi connectivity index (χ2v) is 7.15. The summed E-state index contributed by atoms with van der Waals surface area (Å²) in [4.78, 5) is 18.2. The van der Waals surface area contributed by atoms with Gasteiger partial charge in [0.25, 0.3) is 0 Å². The van der Waals surface area contributed by atoms with Crippen LogP contribution in [0.2, 0.25) is 5.02 Å². The van der Waals surface area contributed by atoms with E-state index in [4.69, 9.17) is 11.6 Å². The van der Waals surface area contributed by atoms with Crippen LogP contribution in [-0.2, 0) is 4.79 Å². The minimum atomic E-state index is 0.343. The first kappa shape index (κ1) is 15.1. The zero-order valence-corrected chi connectivity index (χ0v) is 14.2. The Bertz CT molecular complexity index is 540. The standard InChI is InChI=1S/C15H19BrClN3O/c16-12-9-19-14(7-13(12)17)18-8-10-3-4-11(6-10)20-5-1-2-15(20)21/h7,9-11H,1-6,8H2,(H,18,19). The fourth-order valence-corrected chi connectivity index (χ4v) is 3.70. The number of amides is 1. The van der Waals surface area contributed by atoms with E-state index in [0.29, 0.717) is 22.9 Å². The van der Waals surface area contributed by atoms with Crippen LogP contribution in [0.3, 0.4) is 0 Å². The van der Waals surface area contributed by atoms with Crippen molar-refractivity contribution in [3.8, 4) is 0 Å². The van der Waals surface area contributed by atoms with Gasteiger partial charge in [0, 0.05) is 37.8 Å². The summed E-state index contributed by atoms with van der Waals surface area (Å²) in [5, 5.41) is 4.02. The third-order valence-electron chi connectivity index (χ3n) is 4.44. The number of nitrogens with zero attached hydrogens (tertiary/aromatic N) is 2. The number of halogens is 2. The largest absolute Gasteiger partial charge is 0.370 e. The van der Waals surface area contributed by atoms with Crippen molar-refractivity contribution >= 4 is 39.3 Å². The SMILES string of the molecule is O=C1CCCN1C1CCC(CNc2cc(Cl)c(Br)cn2)C1. The van der Waals surface area contributed by atoms with E-state index in [-0.39, 0.29) is 0 Å². The van der Waals surface area contributed by atoms with E-state index in [9.17, 15) is 4.79 Å². The second-order valence-electron chi connectivity index (χ2n) is 5.89. The van der Waals surface area contributed by atoms with Crippen molar-refractivity contribution in [3.63, 3.8) is 0 Å². The molecule has 2 aliphatic rings. The Labute approximate surface area is 138 Å². The van der Waals surface area contributed by atoms with Crippen molar-refractivity contribution < 1.29 is 4.79 Å². The van der Waals surface area contributed by atoms with Crippen molar-refractivity contribution in [1.82, 2.24) is 9.88 Å². The summed E-state index contributed by atoms with van der Waals surface area (Å²) >= 11 is 9.40. The van der Waals surface area contributed by atoms with Crippen molar-refractivity contribution in [2.45, 2.75) is 38.1 Å². The second kappa shape index (κ2) is 6.53. The van der Waals surface area contributed by atoms with Crippen molar-refractivity contribution in [2.24, 2.45) is 5.92 Å². The minimum absolute atomic E-state index is 0.343. The monoisotopic (exact) mass is 371 g/mol. The van der Waals surface area contributed by atoms with Crippen molar-refractivity contribution in [2.75, 3.05) is 18.4 Å². The molecule has 2 heterocycles. The lowest BCUT2D eigenvalue weighted by Gasteiger charge is -2.24. The van der Waals surface area contributed by atoms with Gasteiger partial charge in [-0.15, -0.1) is 0 Å². The molecular weight excluding hydrogens is 354 g/mol. The van der Waals surface area contributed by atoms with E-state index < -0.39 is 0 Å². The van der Waals surface area contributed by atoms with Gasteiger partial charge in [0.15, 0.2) is 0 Å². The smallest absolute Gasteiger partial charge is 0.222 e. The molecule has 1 N–H and O–H groups in total. The number of hydrogen-bond donors (Lipinski definition) is 1. The molecule has 0 aromatic carbocycles. The molecule has 3 rings (SSSR count). The van der Waals surface area contributed by atoms with Crippen LogP contribution < -0.4 is 5.32 Å². The summed E-state index contributed by atoms with van der Waals surface area (Å²) in [7, 11) is 0. The number of likely N-dealkylation sites (tertiary alicyclic amines) is 1. The highest BCUT2D eigenvalue weighted by Crippen LogP contribution is 2.32. The Morgan fingerprint density at radius 1 is 1.48 bits per heavy atom. The third kappa shape index (κ3) is 3.51. The Balaban J connectivity index is 1.50. The van der Waals surface area contributed by atoms with Crippen LogP contribution in [0.5, 0.6) is 0 Å². The molecule has 0 spiro atoms. The fourth-order valence-electron chi connectivity index (χ4n) is 3.33. The Hall–Kier alpha value is -0.810. The first-order chi connectivity index (χ1) is 10.1. The number of pyridine rings is 1. The first-order valence-corrected chi connectivity index (χ1v) is 8.65. The van der Waals surface area contributed by atoms with Crippen LogP contribution in [0.15, 0.2) is 16.7 Å². The molecule has 0 radical (unpaired) electrons. The summed E-state index contributed by atoms with van der Waals surface area (Å²) in [6.07, 6.45) is 6.88. The maximum atomic E-state index is 11.8. The van der Waals surface area contributed by atoms with E-state index >= 15 is 0 Å². The highest BCUT2D eigenvalue weighted by molar-refractivity contribution is 9.10. The number of rotatable bonds is 4. The van der Waals surface area contributed by atoms with Gasteiger partial charge in [0.1, 0.15) is 5.82 Å². The lowest BCUT2D eigenvalue weighted by molar-refractivity contribution is -0.129. The summed E-state index contributed by atoms with van der Waals surface area (Å²) < 4.78 is 0.809. The number of carbonyl (C=O) groups excluding carboxylic acids is 1. The van der Waals surface area contributed by atoms with Crippen LogP contribution in [-0.4, -0.2) is 34.9 Å². The van der Waals surface area contributed by atoms with Gasteiger partial charge in [-0.2, -0.15) is 0 Å². The molecule has 21 heavy (non-hydrogen) atoms. The van der Waals surface area contributed by atoms with Gasteiger partial charge in [-0.3, -0.25) is 4.79 Å². The molecule has 4 nitrogen and oxygen atoms in total. The third-order valence-corrected chi connectivity index (χ3v) is 5.62. The van der Waals surface area contributed by atoms with Crippen LogP contribution in [0.4, 0.5) is 5.82 Å². The normalized spacial score (nSPS) is 25.6. The summed E-state index contributed by atoms with van der Waals surface area (Å²) in [6, 6.07) is 2.29. The minimum Gasteiger partial charge on any atom is -0.370 e. The van der Waals surface area contributed by atoms with E-state index in [1.807, 2.05) is 6.07 Å². The molecule has 1 aromatic rings. The van der Waals surface area contributed by atoms with Crippen LogP contribution in [0, 0.1) is 5.92 Å². The lowest BCUT2D eigenvalue weighted by atomic mass is 10.1. The molecule has 1 aliphatic heterocycles. The van der Waals surface area contributed by atoms with Gasteiger partial charge in [-0.05, 0) is 47.5 Å². The average Bonchev–Trinajstić information content (AvgIpc) is 3.08. The zero-order valence-electron chi connectivity index (χ0n) is 11.8. The molecule has 2 atom stereocenters. The number of carbonyl (C=O) groups is 1. The molecular formula is C15H19BrClN3O. The van der Waals surface area contributed by atoms with Crippen LogP contribution in [0.25, 0.3) is 0 Å². The average molecular weight is 373 g/mol. The van der Waals surface area contributed by atoms with E-state index in [2.05, 4.69) is 31.1 Å². The molecule has 1 aromatic heterocycles. The van der Waals surface area contributed by atoms with Gasteiger partial charge in [0.05, 0.1) is 9.50 Å². The van der Waals surface area contributed by atoms with E-state index in [1.165, 1.54) is 6.42 Å². The molecule has 1 amide bonds. The molecule has 6 heteroatoms. The maximum Gasteiger partial charge on any atom is 0.222 e. The Morgan fingerprint density at radius 3 is 3.05 bits per heavy atom. The molecule has 1 saturated heterocycles. The van der Waals surface area contributed by atoms with Crippen LogP contribution >= 0.6 is 27.5 Å². The number of aromatic nitrogens is 1. The molecule has 0 bridgehead atoms. The fraction of sp³-hybridized carbons (Fsp3) is 0.600. The highest BCUT2D eigenvalue weighted by Gasteiger charge is 2.33. The summed E-state index contributed by atoms with van der Waals surface area (Å²) in [5.41, 5.74) is 0. The van der Waals surface area contributed by atoms with Gasteiger partial charge in [-0.25, -0.2) is 4.98 Å². The number of anilines is 1. The maximum absolute atomic E-state index is 11.8. The predicted octanol–water partition coefficient (Wildman–Crippen LogP) is 3.70. The molecule has 2 fully saturated rings. The van der Waals surface area contributed by atoms with Gasteiger partial charge in [-0.1, -0.05) is 11.6 Å². The predicted molar refractivity (Wildman–Crippen MR) is 87.5 cm³/mol. The summed E-state index contributed by atoms with van der Waals surface area (Å²) in [5.74, 6) is 1.76. The number of hydrogen-bond acceptors (Lipinski definition) is 3. The molecule has 114 valence electrons. The van der Waals surface area contributed by atoms with E-state index in [1.54, 1.807) is 6.20 Å². The molecule has 1 aliphatic carbocycles. The highest BCUT2D eigenvalue weighted by atomic mass is 79.9. The quantitative estimate of drug-likeness (QED) is 0.876. The zero-order chi connectivity index (χ0) is 14.8. The van der Waals surface area contributed by atoms with Gasteiger partial charge >= 0.3 is 0 Å². The Kier molecular flexibility index (Phi) is 4.69. The number of nitrogens with one attached hydrogen (secondary N) is 1. The van der Waals surface area contributed by atoms with Gasteiger partial charge < -0.3 is 10.2 Å². The van der Waals surface area contributed by atoms with Crippen molar-refractivity contribution in [1.29, 1.82) is 0 Å².